The maximum absolute atomic E-state index is 13.4. The molecular weight excluding hydrogens is 271 g/mol. The van der Waals surface area contributed by atoms with Gasteiger partial charge in [-0.1, -0.05) is 24.3 Å². The van der Waals surface area contributed by atoms with Gasteiger partial charge in [0.25, 0.3) is 0 Å². The molecule has 2 rings (SSSR count). The van der Waals surface area contributed by atoms with Crippen molar-refractivity contribution in [3.05, 3.63) is 65.5 Å². The second kappa shape index (κ2) is 5.95. The fourth-order valence-corrected chi connectivity index (χ4v) is 2.28. The lowest BCUT2D eigenvalue weighted by Gasteiger charge is -2.25. The van der Waals surface area contributed by atoms with Gasteiger partial charge in [0.2, 0.25) is 0 Å². The van der Waals surface area contributed by atoms with Crippen molar-refractivity contribution >= 4 is 5.97 Å². The zero-order valence-corrected chi connectivity index (χ0v) is 12.0. The summed E-state index contributed by atoms with van der Waals surface area (Å²) in [5.74, 6) is -0.708. The van der Waals surface area contributed by atoms with Gasteiger partial charge in [-0.25, -0.2) is 4.39 Å². The van der Waals surface area contributed by atoms with Crippen LogP contribution in [0.4, 0.5) is 4.39 Å². The summed E-state index contributed by atoms with van der Waals surface area (Å²) in [6, 6.07) is 12.9. The Morgan fingerprint density at radius 3 is 2.43 bits per heavy atom. The first-order chi connectivity index (χ1) is 9.95. The van der Waals surface area contributed by atoms with Crippen LogP contribution in [0.5, 0.6) is 5.75 Å². The number of rotatable bonds is 5. The lowest BCUT2D eigenvalue weighted by atomic mass is 9.77. The molecule has 0 aromatic heterocycles. The lowest BCUT2D eigenvalue weighted by Crippen LogP contribution is -2.34. The summed E-state index contributed by atoms with van der Waals surface area (Å²) in [4.78, 5) is 11.7. The summed E-state index contributed by atoms with van der Waals surface area (Å²) >= 11 is 0. The van der Waals surface area contributed by atoms with E-state index >= 15 is 0 Å². The van der Waals surface area contributed by atoms with Crippen molar-refractivity contribution in [2.75, 3.05) is 7.11 Å². The molecule has 0 aliphatic carbocycles. The van der Waals surface area contributed by atoms with E-state index in [0.717, 1.165) is 5.56 Å². The Hall–Kier alpha value is -2.36. The first-order valence-electron chi connectivity index (χ1n) is 6.58. The topological polar surface area (TPSA) is 46.5 Å². The summed E-state index contributed by atoms with van der Waals surface area (Å²) in [6.07, 6.45) is 0.274. The van der Waals surface area contributed by atoms with Gasteiger partial charge in [-0.15, -0.1) is 0 Å². The molecule has 0 saturated carbocycles. The van der Waals surface area contributed by atoms with Crippen molar-refractivity contribution in [1.82, 2.24) is 0 Å². The van der Waals surface area contributed by atoms with E-state index in [9.17, 15) is 14.3 Å². The number of benzene rings is 2. The number of carboxylic acid groups (broad SMARTS) is 1. The monoisotopic (exact) mass is 288 g/mol. The van der Waals surface area contributed by atoms with Crippen molar-refractivity contribution in [3.8, 4) is 5.75 Å². The van der Waals surface area contributed by atoms with Crippen molar-refractivity contribution in [2.45, 2.75) is 18.8 Å². The van der Waals surface area contributed by atoms with Gasteiger partial charge in [-0.3, -0.25) is 4.79 Å². The molecular formula is C17H17FO3. The first kappa shape index (κ1) is 15.0. The minimum Gasteiger partial charge on any atom is -0.497 e. The van der Waals surface area contributed by atoms with E-state index in [1.165, 1.54) is 18.2 Å². The molecule has 0 aliphatic rings. The zero-order chi connectivity index (χ0) is 15.5. The number of ether oxygens (including phenoxy) is 1. The third-order valence-electron chi connectivity index (χ3n) is 3.65. The number of halogens is 1. The largest absolute Gasteiger partial charge is 0.497 e. The minimum atomic E-state index is -1.18. The summed E-state index contributed by atoms with van der Waals surface area (Å²) in [6.45, 7) is 1.61. The average Bonchev–Trinajstić information content (AvgIpc) is 2.47. The van der Waals surface area contributed by atoms with Gasteiger partial charge in [-0.2, -0.15) is 0 Å². The third kappa shape index (κ3) is 3.21. The number of aliphatic carboxylic acids is 1. The van der Waals surface area contributed by atoms with Crippen molar-refractivity contribution < 1.29 is 19.0 Å². The van der Waals surface area contributed by atoms with Crippen LogP contribution in [0.1, 0.15) is 18.1 Å². The number of hydrogen-bond acceptors (Lipinski definition) is 2. The average molecular weight is 288 g/mol. The summed E-state index contributed by atoms with van der Waals surface area (Å²) < 4.78 is 18.5. The molecule has 0 heterocycles. The molecule has 2 aromatic rings. The van der Waals surface area contributed by atoms with Crippen LogP contribution >= 0.6 is 0 Å². The van der Waals surface area contributed by atoms with Crippen LogP contribution in [0.2, 0.25) is 0 Å². The van der Waals surface area contributed by atoms with E-state index in [2.05, 4.69) is 0 Å². The highest BCUT2D eigenvalue weighted by Crippen LogP contribution is 2.29. The molecule has 110 valence electrons. The predicted octanol–water partition coefficient (Wildman–Crippen LogP) is 3.42. The van der Waals surface area contributed by atoms with Gasteiger partial charge < -0.3 is 9.84 Å². The number of carboxylic acids is 1. The molecule has 0 spiro atoms. The number of carbonyl (C=O) groups is 1. The highest BCUT2D eigenvalue weighted by Gasteiger charge is 2.35. The molecule has 4 heteroatoms. The van der Waals surface area contributed by atoms with E-state index in [4.69, 9.17) is 4.74 Å². The highest BCUT2D eigenvalue weighted by atomic mass is 19.1. The minimum absolute atomic E-state index is 0.274. The van der Waals surface area contributed by atoms with Crippen LogP contribution in [0.3, 0.4) is 0 Å². The highest BCUT2D eigenvalue weighted by molar-refractivity contribution is 5.81. The van der Waals surface area contributed by atoms with Crippen LogP contribution < -0.4 is 4.74 Å². The Morgan fingerprint density at radius 1 is 1.24 bits per heavy atom. The smallest absolute Gasteiger partial charge is 0.314 e. The van der Waals surface area contributed by atoms with Crippen LogP contribution in [0.15, 0.2) is 48.5 Å². The van der Waals surface area contributed by atoms with Gasteiger partial charge >= 0.3 is 5.97 Å². The molecule has 0 aliphatic heterocycles. The van der Waals surface area contributed by atoms with Gasteiger partial charge in [0, 0.05) is 0 Å². The fraction of sp³-hybridized carbons (Fsp3) is 0.235. The molecule has 1 N–H and O–H groups in total. The Labute approximate surface area is 123 Å². The van der Waals surface area contributed by atoms with Crippen LogP contribution in [0, 0.1) is 5.82 Å². The van der Waals surface area contributed by atoms with Gasteiger partial charge in [0.05, 0.1) is 12.5 Å². The van der Waals surface area contributed by atoms with E-state index in [1.54, 1.807) is 32.2 Å². The van der Waals surface area contributed by atoms with E-state index in [0.29, 0.717) is 11.3 Å². The van der Waals surface area contributed by atoms with Crippen LogP contribution in [-0.4, -0.2) is 18.2 Å². The quantitative estimate of drug-likeness (QED) is 0.917. The second-order valence-electron chi connectivity index (χ2n) is 5.17. The Kier molecular flexibility index (Phi) is 4.26. The van der Waals surface area contributed by atoms with Gasteiger partial charge in [0.1, 0.15) is 11.6 Å². The standard InChI is InChI=1S/C17H17FO3/c1-17(16(19)20,13-4-3-5-14(18)10-13)11-12-6-8-15(21-2)9-7-12/h3-10H,11H2,1-2H3,(H,19,20). The number of methoxy groups -OCH3 is 1. The molecule has 3 nitrogen and oxygen atoms in total. The lowest BCUT2D eigenvalue weighted by molar-refractivity contribution is -0.143. The SMILES string of the molecule is COc1ccc(CC(C)(C(=O)O)c2cccc(F)c2)cc1. The van der Waals surface area contributed by atoms with Gasteiger partial charge in [0.15, 0.2) is 0 Å². The Bertz CT molecular complexity index is 637. The second-order valence-corrected chi connectivity index (χ2v) is 5.17. The van der Waals surface area contributed by atoms with Crippen LogP contribution in [0.25, 0.3) is 0 Å². The molecule has 0 radical (unpaired) electrons. The third-order valence-corrected chi connectivity index (χ3v) is 3.65. The maximum Gasteiger partial charge on any atom is 0.314 e. The van der Waals surface area contributed by atoms with E-state index < -0.39 is 17.2 Å². The van der Waals surface area contributed by atoms with Crippen molar-refractivity contribution in [1.29, 1.82) is 0 Å². The molecule has 0 fully saturated rings. The summed E-state index contributed by atoms with van der Waals surface area (Å²) in [5.41, 5.74) is 0.118. The van der Waals surface area contributed by atoms with Crippen molar-refractivity contribution in [3.63, 3.8) is 0 Å². The molecule has 0 saturated heterocycles. The maximum atomic E-state index is 13.4. The Morgan fingerprint density at radius 2 is 1.90 bits per heavy atom. The molecule has 21 heavy (non-hydrogen) atoms. The summed E-state index contributed by atoms with van der Waals surface area (Å²) in [5, 5.41) is 9.59. The molecule has 2 aromatic carbocycles. The molecule has 1 atom stereocenters. The first-order valence-corrected chi connectivity index (χ1v) is 6.58. The summed E-state index contributed by atoms with van der Waals surface area (Å²) in [7, 11) is 1.57. The molecule has 0 amide bonds. The van der Waals surface area contributed by atoms with Gasteiger partial charge in [-0.05, 0) is 48.7 Å². The van der Waals surface area contributed by atoms with E-state index in [1.807, 2.05) is 12.1 Å². The normalized spacial score (nSPS) is 13.5. The zero-order valence-electron chi connectivity index (χ0n) is 12.0. The Balaban J connectivity index is 2.36. The predicted molar refractivity (Wildman–Crippen MR) is 78.1 cm³/mol. The molecule has 0 bridgehead atoms. The fourth-order valence-electron chi connectivity index (χ4n) is 2.28. The van der Waals surface area contributed by atoms with Crippen molar-refractivity contribution in [2.24, 2.45) is 0 Å². The number of hydrogen-bond donors (Lipinski definition) is 1. The van der Waals surface area contributed by atoms with Crippen LogP contribution in [-0.2, 0) is 16.6 Å². The molecule has 1 unspecified atom stereocenters. The van der Waals surface area contributed by atoms with E-state index in [-0.39, 0.29) is 6.42 Å².